The van der Waals surface area contributed by atoms with Gasteiger partial charge in [0.2, 0.25) is 16.0 Å². The zero-order chi connectivity index (χ0) is 32.5. The number of nitrogens with one attached hydrogen (secondary N) is 1. The van der Waals surface area contributed by atoms with Gasteiger partial charge in [0, 0.05) is 57.2 Å². The number of benzene rings is 2. The van der Waals surface area contributed by atoms with Gasteiger partial charge in [-0.25, -0.2) is 23.8 Å². The molecule has 0 amide bonds. The maximum absolute atomic E-state index is 11.9. The van der Waals surface area contributed by atoms with E-state index in [1.807, 2.05) is 36.4 Å². The topological polar surface area (TPSA) is 121 Å². The quantitative estimate of drug-likeness (QED) is 0.170. The van der Waals surface area contributed by atoms with Crippen molar-refractivity contribution < 1.29 is 13.2 Å². The number of piperazine rings is 1. The molecule has 47 heavy (non-hydrogen) atoms. The summed E-state index contributed by atoms with van der Waals surface area (Å²) in [6.45, 7) is 6.32. The van der Waals surface area contributed by atoms with Gasteiger partial charge < -0.3 is 14.2 Å². The number of hydrogen-bond donors (Lipinski definition) is 1. The lowest BCUT2D eigenvalue weighted by molar-refractivity contribution is 0.122. The first kappa shape index (κ1) is 32.2. The van der Waals surface area contributed by atoms with Crippen molar-refractivity contribution in [1.29, 1.82) is 0 Å². The number of anilines is 2. The van der Waals surface area contributed by atoms with E-state index in [1.54, 1.807) is 23.6 Å². The van der Waals surface area contributed by atoms with Crippen LogP contribution in [0.15, 0.2) is 53.6 Å². The molecule has 2 aliphatic heterocycles. The standard InChI is InChI=1S/C31H33Cl2N9O3S2/c1-47(43,44)41-10-8-39(9-11-41)20-22-17-26-29(46-22)30(40-12-14-45-15-13-40)37-31(36-26)38-34-18-28-35-25-4-2-3-5-27(25)42(28)19-21-6-7-23(32)24(33)16-21/h2-7,16-18H,8-15,19-20H2,1H3,(H,36,37,38)/b34-18+. The Morgan fingerprint density at radius 1 is 0.936 bits per heavy atom. The second kappa shape index (κ2) is 13.6. The minimum Gasteiger partial charge on any atom is -0.378 e. The molecule has 0 aliphatic carbocycles. The molecule has 3 aromatic heterocycles. The van der Waals surface area contributed by atoms with Gasteiger partial charge >= 0.3 is 0 Å². The fourth-order valence-electron chi connectivity index (χ4n) is 5.85. The minimum atomic E-state index is -3.18. The van der Waals surface area contributed by atoms with Crippen molar-refractivity contribution in [3.8, 4) is 0 Å². The SMILES string of the molecule is CS(=O)(=O)N1CCN(Cc2cc3nc(N/N=C/c4nc5ccccc5n4Cc4ccc(Cl)c(Cl)c4)nc(N4CCOCC4)c3s2)CC1. The first-order valence-corrected chi connectivity index (χ1v) is 18.6. The maximum Gasteiger partial charge on any atom is 0.246 e. The van der Waals surface area contributed by atoms with E-state index in [9.17, 15) is 8.42 Å². The number of hydrogen-bond acceptors (Lipinski definition) is 11. The van der Waals surface area contributed by atoms with E-state index in [0.29, 0.717) is 67.8 Å². The van der Waals surface area contributed by atoms with E-state index in [-0.39, 0.29) is 0 Å². The zero-order valence-electron chi connectivity index (χ0n) is 25.6. The monoisotopic (exact) mass is 713 g/mol. The Morgan fingerprint density at radius 2 is 1.72 bits per heavy atom. The molecule has 2 aromatic carbocycles. The summed E-state index contributed by atoms with van der Waals surface area (Å²) in [6.07, 6.45) is 2.94. The lowest BCUT2D eigenvalue weighted by Crippen LogP contribution is -2.47. The molecule has 1 N–H and O–H groups in total. The second-order valence-corrected chi connectivity index (χ2v) is 15.4. The van der Waals surface area contributed by atoms with Gasteiger partial charge in [-0.05, 0) is 35.9 Å². The van der Waals surface area contributed by atoms with Crippen molar-refractivity contribution >= 4 is 83.8 Å². The number of imidazole rings is 1. The van der Waals surface area contributed by atoms with E-state index >= 15 is 0 Å². The third-order valence-corrected chi connectivity index (χ3v) is 11.4. The van der Waals surface area contributed by atoms with Crippen LogP contribution >= 0.6 is 34.5 Å². The largest absolute Gasteiger partial charge is 0.378 e. The molecular weight excluding hydrogens is 681 g/mol. The molecule has 0 bridgehead atoms. The lowest BCUT2D eigenvalue weighted by atomic mass is 10.2. The summed E-state index contributed by atoms with van der Waals surface area (Å²) in [6, 6.07) is 15.6. The maximum atomic E-state index is 11.9. The summed E-state index contributed by atoms with van der Waals surface area (Å²) in [4.78, 5) is 20.2. The van der Waals surface area contributed by atoms with Crippen LogP contribution in [0, 0.1) is 0 Å². The molecule has 5 heterocycles. The van der Waals surface area contributed by atoms with Crippen molar-refractivity contribution in [2.75, 3.05) is 69.1 Å². The Morgan fingerprint density at radius 3 is 2.49 bits per heavy atom. The third-order valence-electron chi connectivity index (χ3n) is 8.25. The molecule has 0 atom stereocenters. The first-order valence-electron chi connectivity index (χ1n) is 15.2. The van der Waals surface area contributed by atoms with Crippen LogP contribution in [-0.4, -0.2) is 102 Å². The molecule has 16 heteroatoms. The van der Waals surface area contributed by atoms with Gasteiger partial charge in [0.15, 0.2) is 11.6 Å². The number of morpholine rings is 1. The molecule has 5 aromatic rings. The van der Waals surface area contributed by atoms with Crippen LogP contribution in [0.5, 0.6) is 0 Å². The van der Waals surface area contributed by atoms with Crippen LogP contribution in [0.25, 0.3) is 21.3 Å². The Hall–Kier alpha value is -3.37. The zero-order valence-corrected chi connectivity index (χ0v) is 28.8. The van der Waals surface area contributed by atoms with Gasteiger partial charge in [0.05, 0.1) is 57.0 Å². The van der Waals surface area contributed by atoms with Crippen LogP contribution in [0.2, 0.25) is 10.0 Å². The number of sulfonamides is 1. The molecule has 0 spiro atoms. The van der Waals surface area contributed by atoms with E-state index in [2.05, 4.69) is 31.0 Å². The van der Waals surface area contributed by atoms with Crippen molar-refractivity contribution in [2.24, 2.45) is 5.10 Å². The molecule has 7 rings (SSSR count). The average Bonchev–Trinajstić information content (AvgIpc) is 3.63. The van der Waals surface area contributed by atoms with Gasteiger partial charge in [-0.1, -0.05) is 41.4 Å². The Kier molecular flexibility index (Phi) is 9.33. The normalized spacial score (nSPS) is 17.0. The number of aromatic nitrogens is 4. The van der Waals surface area contributed by atoms with Gasteiger partial charge in [0.1, 0.15) is 0 Å². The Labute approximate surface area is 286 Å². The Bertz CT molecular complexity index is 2050. The smallest absolute Gasteiger partial charge is 0.246 e. The van der Waals surface area contributed by atoms with Crippen molar-refractivity contribution in [3.05, 3.63) is 74.8 Å². The van der Waals surface area contributed by atoms with Crippen molar-refractivity contribution in [1.82, 2.24) is 28.7 Å². The van der Waals surface area contributed by atoms with Crippen LogP contribution < -0.4 is 10.3 Å². The van der Waals surface area contributed by atoms with Gasteiger partial charge in [0.25, 0.3) is 0 Å². The minimum absolute atomic E-state index is 0.383. The molecular formula is C31H33Cl2N9O3S2. The van der Waals surface area contributed by atoms with E-state index < -0.39 is 10.0 Å². The molecule has 12 nitrogen and oxygen atoms in total. The predicted octanol–water partition coefficient (Wildman–Crippen LogP) is 4.76. The number of rotatable bonds is 9. The third kappa shape index (κ3) is 7.23. The molecule has 0 saturated carbocycles. The van der Waals surface area contributed by atoms with E-state index in [4.69, 9.17) is 42.9 Å². The van der Waals surface area contributed by atoms with Crippen LogP contribution in [-0.2, 0) is 27.8 Å². The fourth-order valence-corrected chi connectivity index (χ4v) is 8.15. The first-order chi connectivity index (χ1) is 22.7. The molecule has 2 fully saturated rings. The number of hydrazone groups is 1. The molecule has 2 aliphatic rings. The number of halogens is 2. The number of para-hydroxylation sites is 2. The molecule has 246 valence electrons. The Balaban J connectivity index is 1.15. The number of thiophene rings is 1. The highest BCUT2D eigenvalue weighted by atomic mass is 35.5. The van der Waals surface area contributed by atoms with Gasteiger partial charge in [-0.3, -0.25) is 4.90 Å². The van der Waals surface area contributed by atoms with Crippen LogP contribution in [0.4, 0.5) is 11.8 Å². The number of nitrogens with zero attached hydrogens (tertiary/aromatic N) is 8. The average molecular weight is 715 g/mol. The van der Waals surface area contributed by atoms with E-state index in [1.165, 1.54) is 10.6 Å². The summed E-state index contributed by atoms with van der Waals surface area (Å²) in [5.41, 5.74) is 6.70. The van der Waals surface area contributed by atoms with E-state index in [0.717, 1.165) is 57.1 Å². The summed E-state index contributed by atoms with van der Waals surface area (Å²) in [5.74, 6) is 1.89. The molecule has 0 unspecified atom stereocenters. The summed E-state index contributed by atoms with van der Waals surface area (Å²) in [7, 11) is -3.18. The van der Waals surface area contributed by atoms with Crippen molar-refractivity contribution in [2.45, 2.75) is 13.1 Å². The fraction of sp³-hybridized carbons (Fsp3) is 0.355. The second-order valence-electron chi connectivity index (χ2n) is 11.5. The predicted molar refractivity (Wildman–Crippen MR) is 189 cm³/mol. The van der Waals surface area contributed by atoms with Gasteiger partial charge in [-0.15, -0.1) is 11.3 Å². The summed E-state index contributed by atoms with van der Waals surface area (Å²) < 4.78 is 34.1. The van der Waals surface area contributed by atoms with Gasteiger partial charge in [-0.2, -0.15) is 14.4 Å². The molecule has 0 radical (unpaired) electrons. The lowest BCUT2D eigenvalue weighted by Gasteiger charge is -2.32. The number of ether oxygens (including phenoxy) is 1. The summed E-state index contributed by atoms with van der Waals surface area (Å²) >= 11 is 14.1. The molecule has 2 saturated heterocycles. The highest BCUT2D eigenvalue weighted by Gasteiger charge is 2.25. The number of fused-ring (bicyclic) bond motifs is 2. The summed E-state index contributed by atoms with van der Waals surface area (Å²) in [5, 5.41) is 5.54. The van der Waals surface area contributed by atoms with Crippen LogP contribution in [0.3, 0.4) is 0 Å². The highest BCUT2D eigenvalue weighted by Crippen LogP contribution is 2.34. The van der Waals surface area contributed by atoms with Crippen molar-refractivity contribution in [3.63, 3.8) is 0 Å². The van der Waals surface area contributed by atoms with Crippen LogP contribution in [0.1, 0.15) is 16.3 Å². The highest BCUT2D eigenvalue weighted by molar-refractivity contribution is 7.88.